The summed E-state index contributed by atoms with van der Waals surface area (Å²) in [6.07, 6.45) is 4.74. The van der Waals surface area contributed by atoms with E-state index in [1.807, 2.05) is 0 Å². The van der Waals surface area contributed by atoms with E-state index in [9.17, 15) is 8.42 Å². The average molecular weight is 244 g/mol. The van der Waals surface area contributed by atoms with Gasteiger partial charge in [0.1, 0.15) is 4.90 Å². The van der Waals surface area contributed by atoms with Crippen molar-refractivity contribution in [2.45, 2.75) is 23.8 Å². The van der Waals surface area contributed by atoms with Gasteiger partial charge in [-0.05, 0) is 19.4 Å². The van der Waals surface area contributed by atoms with Crippen LogP contribution in [0.15, 0.2) is 17.3 Å². The number of nitrogens with zero attached hydrogens (tertiary/aromatic N) is 2. The molecular formula is C9H16N4O2S. The van der Waals surface area contributed by atoms with Gasteiger partial charge in [-0.1, -0.05) is 0 Å². The van der Waals surface area contributed by atoms with E-state index in [0.717, 1.165) is 19.4 Å². The molecule has 0 spiro atoms. The highest BCUT2D eigenvalue weighted by Gasteiger charge is 2.22. The molecule has 1 aliphatic heterocycles. The third-order valence-electron chi connectivity index (χ3n) is 2.61. The van der Waals surface area contributed by atoms with Gasteiger partial charge in [-0.2, -0.15) is 5.10 Å². The number of piperidine rings is 1. The van der Waals surface area contributed by atoms with Gasteiger partial charge in [0.25, 0.3) is 0 Å². The molecule has 2 N–H and O–H groups in total. The van der Waals surface area contributed by atoms with Crippen LogP contribution in [-0.4, -0.2) is 37.3 Å². The van der Waals surface area contributed by atoms with Gasteiger partial charge < -0.3 is 5.32 Å². The maximum absolute atomic E-state index is 11.9. The van der Waals surface area contributed by atoms with E-state index in [-0.39, 0.29) is 10.9 Å². The van der Waals surface area contributed by atoms with E-state index in [1.54, 1.807) is 7.05 Å². The number of hydrogen-bond acceptors (Lipinski definition) is 4. The van der Waals surface area contributed by atoms with Crippen LogP contribution in [0.25, 0.3) is 0 Å². The normalized spacial score (nSPS) is 22.2. The van der Waals surface area contributed by atoms with Crippen molar-refractivity contribution >= 4 is 10.0 Å². The third kappa shape index (κ3) is 2.60. The molecule has 0 radical (unpaired) electrons. The van der Waals surface area contributed by atoms with Crippen LogP contribution >= 0.6 is 0 Å². The number of nitrogens with one attached hydrogen (secondary N) is 2. The molecule has 0 aliphatic carbocycles. The Morgan fingerprint density at radius 3 is 3.00 bits per heavy atom. The Hall–Kier alpha value is -0.920. The topological polar surface area (TPSA) is 76.0 Å². The molecule has 1 aromatic rings. The molecule has 1 fully saturated rings. The van der Waals surface area contributed by atoms with Crippen molar-refractivity contribution in [3.05, 3.63) is 12.4 Å². The highest BCUT2D eigenvalue weighted by atomic mass is 32.2. The number of sulfonamides is 1. The first-order valence-electron chi connectivity index (χ1n) is 5.29. The molecule has 7 heteroatoms. The van der Waals surface area contributed by atoms with E-state index >= 15 is 0 Å². The second kappa shape index (κ2) is 4.52. The lowest BCUT2D eigenvalue weighted by Gasteiger charge is -2.23. The zero-order valence-corrected chi connectivity index (χ0v) is 10.00. The zero-order chi connectivity index (χ0) is 11.6. The van der Waals surface area contributed by atoms with Crippen molar-refractivity contribution in [2.75, 3.05) is 13.1 Å². The molecule has 0 aromatic carbocycles. The molecule has 0 bridgehead atoms. The summed E-state index contributed by atoms with van der Waals surface area (Å²) in [6.45, 7) is 1.66. The Bertz CT molecular complexity index is 448. The van der Waals surface area contributed by atoms with Crippen LogP contribution in [-0.2, 0) is 17.1 Å². The van der Waals surface area contributed by atoms with Crippen molar-refractivity contribution < 1.29 is 8.42 Å². The van der Waals surface area contributed by atoms with Gasteiger partial charge in [-0.25, -0.2) is 13.1 Å². The van der Waals surface area contributed by atoms with Gasteiger partial charge in [-0.3, -0.25) is 4.68 Å². The molecule has 0 saturated carbocycles. The van der Waals surface area contributed by atoms with Gasteiger partial charge in [0.15, 0.2) is 0 Å². The number of aromatic nitrogens is 2. The summed E-state index contributed by atoms with van der Waals surface area (Å²) >= 11 is 0. The summed E-state index contributed by atoms with van der Waals surface area (Å²) in [5.41, 5.74) is 0. The van der Waals surface area contributed by atoms with Gasteiger partial charge in [0, 0.05) is 25.8 Å². The monoisotopic (exact) mass is 244 g/mol. The molecule has 1 aromatic heterocycles. The van der Waals surface area contributed by atoms with E-state index < -0.39 is 10.0 Å². The summed E-state index contributed by atoms with van der Waals surface area (Å²) < 4.78 is 28.0. The molecule has 16 heavy (non-hydrogen) atoms. The molecule has 2 rings (SSSR count). The Morgan fingerprint density at radius 2 is 2.44 bits per heavy atom. The van der Waals surface area contributed by atoms with E-state index in [1.165, 1.54) is 17.1 Å². The molecular weight excluding hydrogens is 228 g/mol. The predicted molar refractivity (Wildman–Crippen MR) is 59.4 cm³/mol. The minimum atomic E-state index is -3.41. The summed E-state index contributed by atoms with van der Waals surface area (Å²) in [6, 6.07) is -0.0149. The second-order valence-corrected chi connectivity index (χ2v) is 5.73. The number of rotatable bonds is 3. The van der Waals surface area contributed by atoms with E-state index in [2.05, 4.69) is 15.1 Å². The molecule has 0 amide bonds. The lowest BCUT2D eigenvalue weighted by molar-refractivity contribution is 0.428. The quantitative estimate of drug-likeness (QED) is 0.748. The van der Waals surface area contributed by atoms with Crippen LogP contribution in [0.5, 0.6) is 0 Å². The Labute approximate surface area is 95.1 Å². The fourth-order valence-electron chi connectivity index (χ4n) is 1.78. The fraction of sp³-hybridized carbons (Fsp3) is 0.667. The van der Waals surface area contributed by atoms with E-state index in [0.29, 0.717) is 6.54 Å². The summed E-state index contributed by atoms with van der Waals surface area (Å²) in [7, 11) is -1.72. The van der Waals surface area contributed by atoms with E-state index in [4.69, 9.17) is 0 Å². The van der Waals surface area contributed by atoms with Gasteiger partial charge in [0.2, 0.25) is 10.0 Å². The fourth-order valence-corrected chi connectivity index (χ4v) is 3.03. The van der Waals surface area contributed by atoms with Crippen LogP contribution in [0.3, 0.4) is 0 Å². The summed E-state index contributed by atoms with van der Waals surface area (Å²) in [4.78, 5) is 0.223. The Kier molecular flexibility index (Phi) is 3.27. The predicted octanol–water partition coefficient (Wildman–Crippen LogP) is -0.550. The molecule has 6 nitrogen and oxygen atoms in total. The van der Waals surface area contributed by atoms with Crippen molar-refractivity contribution in [2.24, 2.45) is 7.05 Å². The summed E-state index contributed by atoms with van der Waals surface area (Å²) in [5, 5.41) is 7.02. The molecule has 1 saturated heterocycles. The maximum Gasteiger partial charge on any atom is 0.243 e. The third-order valence-corrected chi connectivity index (χ3v) is 4.09. The first-order valence-corrected chi connectivity index (χ1v) is 6.78. The molecule has 90 valence electrons. The second-order valence-electron chi connectivity index (χ2n) is 4.01. The van der Waals surface area contributed by atoms with Crippen molar-refractivity contribution in [3.8, 4) is 0 Å². The van der Waals surface area contributed by atoms with Crippen LogP contribution in [0.1, 0.15) is 12.8 Å². The van der Waals surface area contributed by atoms with Crippen LogP contribution in [0.4, 0.5) is 0 Å². The maximum atomic E-state index is 11.9. The van der Waals surface area contributed by atoms with Crippen LogP contribution in [0.2, 0.25) is 0 Å². The number of hydrogen-bond donors (Lipinski definition) is 2. The zero-order valence-electron chi connectivity index (χ0n) is 9.18. The average Bonchev–Trinajstić information content (AvgIpc) is 2.66. The van der Waals surface area contributed by atoms with Gasteiger partial charge in [0.05, 0.1) is 6.20 Å². The first-order chi connectivity index (χ1) is 7.58. The minimum Gasteiger partial charge on any atom is -0.315 e. The Balaban J connectivity index is 2.07. The summed E-state index contributed by atoms with van der Waals surface area (Å²) in [5.74, 6) is 0. The van der Waals surface area contributed by atoms with Crippen LogP contribution in [0, 0.1) is 0 Å². The van der Waals surface area contributed by atoms with Crippen LogP contribution < -0.4 is 10.0 Å². The van der Waals surface area contributed by atoms with Gasteiger partial charge in [-0.15, -0.1) is 0 Å². The Morgan fingerprint density at radius 1 is 1.62 bits per heavy atom. The molecule has 1 atom stereocenters. The lowest BCUT2D eigenvalue weighted by atomic mass is 10.1. The smallest absolute Gasteiger partial charge is 0.243 e. The van der Waals surface area contributed by atoms with Gasteiger partial charge >= 0.3 is 0 Å². The molecule has 1 aliphatic rings. The first kappa shape index (κ1) is 11.6. The minimum absolute atomic E-state index is 0.0149. The standard InChI is InChI=1S/C9H16N4O2S/c1-13-7-9(6-11-13)16(14,15)12-8-3-2-4-10-5-8/h6-8,10,12H,2-5H2,1H3/t8-/m1/s1. The SMILES string of the molecule is Cn1cc(S(=O)(=O)N[C@@H]2CCCNC2)cn1. The van der Waals surface area contributed by atoms with Crippen molar-refractivity contribution in [1.82, 2.24) is 19.8 Å². The lowest BCUT2D eigenvalue weighted by Crippen LogP contribution is -2.45. The van der Waals surface area contributed by atoms with Crippen molar-refractivity contribution in [3.63, 3.8) is 0 Å². The molecule has 0 unspecified atom stereocenters. The highest BCUT2D eigenvalue weighted by Crippen LogP contribution is 2.10. The number of aryl methyl sites for hydroxylation is 1. The molecule has 2 heterocycles. The highest BCUT2D eigenvalue weighted by molar-refractivity contribution is 7.89. The van der Waals surface area contributed by atoms with Crippen molar-refractivity contribution in [1.29, 1.82) is 0 Å². The largest absolute Gasteiger partial charge is 0.315 e.